The van der Waals surface area contributed by atoms with Crippen LogP contribution in [0.25, 0.3) is 0 Å². The summed E-state index contributed by atoms with van der Waals surface area (Å²) in [6.07, 6.45) is 3.96. The van der Waals surface area contributed by atoms with Crippen molar-refractivity contribution in [3.05, 3.63) is 0 Å². The SMILES string of the molecule is POCC1CCCCN1P. The number of piperidine rings is 1. The van der Waals surface area contributed by atoms with Crippen molar-refractivity contribution in [3.63, 3.8) is 0 Å². The predicted molar refractivity (Wildman–Crippen MR) is 49.7 cm³/mol. The van der Waals surface area contributed by atoms with Crippen molar-refractivity contribution in [1.82, 2.24) is 4.67 Å². The van der Waals surface area contributed by atoms with Gasteiger partial charge >= 0.3 is 0 Å². The first-order valence-electron chi connectivity index (χ1n) is 3.67. The van der Waals surface area contributed by atoms with E-state index in [1.807, 2.05) is 0 Å². The molecule has 0 aromatic heterocycles. The minimum Gasteiger partial charge on any atom is -0.364 e. The van der Waals surface area contributed by atoms with Crippen LogP contribution in [0.3, 0.4) is 0 Å². The van der Waals surface area contributed by atoms with Crippen molar-refractivity contribution >= 4 is 18.9 Å². The molecule has 3 atom stereocenters. The van der Waals surface area contributed by atoms with Gasteiger partial charge in [0.25, 0.3) is 0 Å². The quantitative estimate of drug-likeness (QED) is 0.594. The molecule has 1 aliphatic rings. The Labute approximate surface area is 67.2 Å². The third kappa shape index (κ3) is 2.43. The van der Waals surface area contributed by atoms with Crippen molar-refractivity contribution in [2.24, 2.45) is 0 Å². The van der Waals surface area contributed by atoms with Gasteiger partial charge in [-0.15, -0.1) is 0 Å². The van der Waals surface area contributed by atoms with Crippen molar-refractivity contribution in [3.8, 4) is 0 Å². The molecule has 0 bridgehead atoms. The van der Waals surface area contributed by atoms with E-state index in [1.54, 1.807) is 0 Å². The molecule has 1 saturated heterocycles. The molecule has 0 aromatic carbocycles. The highest BCUT2D eigenvalue weighted by Gasteiger charge is 2.17. The highest BCUT2D eigenvalue weighted by Crippen LogP contribution is 2.20. The molecule has 0 radical (unpaired) electrons. The molecule has 0 aliphatic carbocycles. The summed E-state index contributed by atoms with van der Waals surface area (Å²) in [6, 6.07) is 0.622. The fraction of sp³-hybridized carbons (Fsp3) is 1.00. The summed E-state index contributed by atoms with van der Waals surface area (Å²) in [6.45, 7) is 2.04. The molecule has 0 saturated carbocycles. The van der Waals surface area contributed by atoms with Gasteiger partial charge in [-0.05, 0) is 12.8 Å². The Morgan fingerprint density at radius 1 is 1.50 bits per heavy atom. The van der Waals surface area contributed by atoms with Crippen molar-refractivity contribution < 1.29 is 4.52 Å². The van der Waals surface area contributed by atoms with Crippen molar-refractivity contribution in [2.75, 3.05) is 13.2 Å². The predicted octanol–water partition coefficient (Wildman–Crippen LogP) is 1.44. The molecule has 10 heavy (non-hydrogen) atoms. The average molecular weight is 179 g/mol. The van der Waals surface area contributed by atoms with Crippen LogP contribution in [0, 0.1) is 0 Å². The van der Waals surface area contributed by atoms with E-state index in [0.29, 0.717) is 6.04 Å². The second-order valence-electron chi connectivity index (χ2n) is 2.72. The Balaban J connectivity index is 2.25. The fourth-order valence-corrected chi connectivity index (χ4v) is 1.95. The Hall–Kier alpha value is 0.780. The lowest BCUT2D eigenvalue weighted by atomic mass is 10.1. The molecule has 1 rings (SSSR count). The van der Waals surface area contributed by atoms with Crippen LogP contribution in [0.4, 0.5) is 0 Å². The van der Waals surface area contributed by atoms with Crippen LogP contribution in [0.5, 0.6) is 0 Å². The van der Waals surface area contributed by atoms with E-state index in [4.69, 9.17) is 4.52 Å². The van der Waals surface area contributed by atoms with Gasteiger partial charge in [-0.1, -0.05) is 15.8 Å². The second-order valence-corrected chi connectivity index (χ2v) is 3.72. The number of hydrogen-bond donors (Lipinski definition) is 0. The third-order valence-electron chi connectivity index (χ3n) is 1.96. The number of nitrogens with zero attached hydrogens (tertiary/aromatic N) is 1. The van der Waals surface area contributed by atoms with Gasteiger partial charge in [-0.25, -0.2) is 0 Å². The average Bonchev–Trinajstić information content (AvgIpc) is 1.94. The standard InChI is InChI=1S/C6H15NOP2/c9-7-4-2-1-3-6(7)5-8-10/h6H,1-5,9-10H2. The first-order chi connectivity index (χ1) is 4.84. The van der Waals surface area contributed by atoms with Crippen LogP contribution in [-0.4, -0.2) is 23.9 Å². The zero-order valence-electron chi connectivity index (χ0n) is 6.12. The summed E-state index contributed by atoms with van der Waals surface area (Å²) in [5.41, 5.74) is 0. The summed E-state index contributed by atoms with van der Waals surface area (Å²) in [5, 5.41) is 0. The molecule has 0 amide bonds. The lowest BCUT2D eigenvalue weighted by Crippen LogP contribution is -2.34. The third-order valence-corrected chi connectivity index (χ3v) is 2.83. The molecule has 2 nitrogen and oxygen atoms in total. The molecular weight excluding hydrogens is 164 g/mol. The van der Waals surface area contributed by atoms with E-state index in [1.165, 1.54) is 25.8 Å². The fourth-order valence-electron chi connectivity index (χ4n) is 1.31. The smallest absolute Gasteiger partial charge is 0.0660 e. The van der Waals surface area contributed by atoms with Gasteiger partial charge in [-0.2, -0.15) is 0 Å². The molecule has 0 N–H and O–H groups in total. The van der Waals surface area contributed by atoms with Crippen LogP contribution in [0.2, 0.25) is 0 Å². The van der Waals surface area contributed by atoms with Gasteiger partial charge < -0.3 is 4.52 Å². The molecule has 0 spiro atoms. The van der Waals surface area contributed by atoms with E-state index in [-0.39, 0.29) is 0 Å². The minimum absolute atomic E-state index is 0.622. The van der Waals surface area contributed by atoms with Crippen LogP contribution < -0.4 is 0 Å². The maximum atomic E-state index is 5.01. The van der Waals surface area contributed by atoms with Crippen LogP contribution in [-0.2, 0) is 4.52 Å². The molecule has 1 aliphatic heterocycles. The maximum Gasteiger partial charge on any atom is 0.0660 e. The van der Waals surface area contributed by atoms with Crippen LogP contribution in [0.1, 0.15) is 19.3 Å². The summed E-state index contributed by atoms with van der Waals surface area (Å²) in [7, 11) is 5.07. The number of rotatable bonds is 2. The Bertz CT molecular complexity index is 99.7. The first kappa shape index (κ1) is 8.87. The normalized spacial score (nSPS) is 28.8. The van der Waals surface area contributed by atoms with Gasteiger partial charge in [0.15, 0.2) is 0 Å². The Morgan fingerprint density at radius 3 is 2.90 bits per heavy atom. The van der Waals surface area contributed by atoms with Gasteiger partial charge in [0, 0.05) is 22.1 Å². The highest BCUT2D eigenvalue weighted by atomic mass is 31.0. The highest BCUT2D eigenvalue weighted by molar-refractivity contribution is 7.13. The summed E-state index contributed by atoms with van der Waals surface area (Å²) < 4.78 is 7.31. The molecule has 0 aromatic rings. The van der Waals surface area contributed by atoms with E-state index in [0.717, 1.165) is 6.61 Å². The van der Waals surface area contributed by atoms with E-state index < -0.39 is 0 Å². The molecule has 60 valence electrons. The zero-order chi connectivity index (χ0) is 7.40. The second kappa shape index (κ2) is 4.62. The maximum absolute atomic E-state index is 5.01. The van der Waals surface area contributed by atoms with E-state index in [2.05, 4.69) is 23.5 Å². The molecular formula is C6H15NOP2. The lowest BCUT2D eigenvalue weighted by molar-refractivity contribution is 0.195. The Morgan fingerprint density at radius 2 is 2.30 bits per heavy atom. The van der Waals surface area contributed by atoms with Gasteiger partial charge in [-0.3, -0.25) is 4.67 Å². The van der Waals surface area contributed by atoms with Gasteiger partial charge in [0.05, 0.1) is 6.61 Å². The van der Waals surface area contributed by atoms with Crippen molar-refractivity contribution in [1.29, 1.82) is 0 Å². The van der Waals surface area contributed by atoms with Crippen LogP contribution in [0.15, 0.2) is 0 Å². The minimum atomic E-state index is 0.622. The zero-order valence-corrected chi connectivity index (χ0v) is 8.43. The van der Waals surface area contributed by atoms with Crippen molar-refractivity contribution in [2.45, 2.75) is 25.3 Å². The molecule has 1 fully saturated rings. The molecule has 3 unspecified atom stereocenters. The lowest BCUT2D eigenvalue weighted by Gasteiger charge is -2.31. The first-order valence-corrected chi connectivity index (χ1v) is 4.66. The van der Waals surface area contributed by atoms with Gasteiger partial charge in [0.2, 0.25) is 0 Å². The number of hydrogen-bond acceptors (Lipinski definition) is 2. The monoisotopic (exact) mass is 179 g/mol. The van der Waals surface area contributed by atoms with Gasteiger partial charge in [0.1, 0.15) is 0 Å². The summed E-state index contributed by atoms with van der Waals surface area (Å²) in [5.74, 6) is 0. The summed E-state index contributed by atoms with van der Waals surface area (Å²) >= 11 is 0. The van der Waals surface area contributed by atoms with E-state index in [9.17, 15) is 0 Å². The van der Waals surface area contributed by atoms with E-state index >= 15 is 0 Å². The van der Waals surface area contributed by atoms with Crippen LogP contribution >= 0.6 is 18.9 Å². The molecule has 4 heteroatoms. The topological polar surface area (TPSA) is 12.5 Å². The Kier molecular flexibility index (Phi) is 4.10. The largest absolute Gasteiger partial charge is 0.364 e. The summed E-state index contributed by atoms with van der Waals surface area (Å²) in [4.78, 5) is 0. The molecule has 1 heterocycles.